The van der Waals surface area contributed by atoms with Gasteiger partial charge in [0.25, 0.3) is 5.91 Å². The molecule has 0 spiro atoms. The highest BCUT2D eigenvalue weighted by molar-refractivity contribution is 6.30. The second-order valence-electron chi connectivity index (χ2n) is 4.77. The molecule has 0 aromatic heterocycles. The van der Waals surface area contributed by atoms with Crippen LogP contribution in [0.15, 0.2) is 47.6 Å². The molecule has 6 nitrogen and oxygen atoms in total. The first-order valence-corrected chi connectivity index (χ1v) is 7.29. The molecule has 0 unspecified atom stereocenters. The first-order valence-electron chi connectivity index (χ1n) is 6.92. The van der Waals surface area contributed by atoms with E-state index in [1.54, 1.807) is 36.5 Å². The normalized spacial score (nSPS) is 12.4. The summed E-state index contributed by atoms with van der Waals surface area (Å²) in [5.41, 5.74) is 4.02. The molecular formula is C16H14ClN3O3. The minimum absolute atomic E-state index is 0.0961. The summed E-state index contributed by atoms with van der Waals surface area (Å²) in [5, 5.41) is 7.48. The van der Waals surface area contributed by atoms with E-state index in [0.717, 1.165) is 11.3 Å². The number of nitrogens with zero attached hydrogens (tertiary/aromatic N) is 1. The van der Waals surface area contributed by atoms with E-state index in [-0.39, 0.29) is 19.2 Å². The van der Waals surface area contributed by atoms with Crippen molar-refractivity contribution in [2.45, 2.75) is 0 Å². The average molecular weight is 332 g/mol. The number of carbonyl (C=O) groups is 1. The van der Waals surface area contributed by atoms with E-state index < -0.39 is 0 Å². The van der Waals surface area contributed by atoms with Gasteiger partial charge in [-0.1, -0.05) is 17.7 Å². The summed E-state index contributed by atoms with van der Waals surface area (Å²) in [6, 6.07) is 12.6. The molecule has 1 aliphatic rings. The fourth-order valence-corrected chi connectivity index (χ4v) is 2.18. The number of nitrogens with one attached hydrogen (secondary N) is 2. The molecule has 7 heteroatoms. The van der Waals surface area contributed by atoms with Crippen LogP contribution in [-0.2, 0) is 4.79 Å². The molecule has 0 saturated heterocycles. The van der Waals surface area contributed by atoms with Crippen LogP contribution in [0.3, 0.4) is 0 Å². The van der Waals surface area contributed by atoms with Crippen LogP contribution < -0.4 is 20.2 Å². The van der Waals surface area contributed by atoms with Crippen molar-refractivity contribution < 1.29 is 14.3 Å². The van der Waals surface area contributed by atoms with Crippen LogP contribution in [0.25, 0.3) is 0 Å². The van der Waals surface area contributed by atoms with E-state index in [1.165, 1.54) is 0 Å². The van der Waals surface area contributed by atoms with Crippen molar-refractivity contribution in [1.82, 2.24) is 5.43 Å². The van der Waals surface area contributed by atoms with Crippen molar-refractivity contribution >= 4 is 29.4 Å². The van der Waals surface area contributed by atoms with Crippen LogP contribution >= 0.6 is 11.6 Å². The third-order valence-electron chi connectivity index (χ3n) is 3.08. The maximum absolute atomic E-state index is 11.7. The van der Waals surface area contributed by atoms with Gasteiger partial charge in [0.2, 0.25) is 6.79 Å². The molecule has 2 N–H and O–H groups in total. The minimum Gasteiger partial charge on any atom is -0.454 e. The van der Waals surface area contributed by atoms with Gasteiger partial charge in [-0.25, -0.2) is 5.43 Å². The molecule has 1 heterocycles. The molecule has 0 radical (unpaired) electrons. The van der Waals surface area contributed by atoms with Crippen molar-refractivity contribution in [3.63, 3.8) is 0 Å². The van der Waals surface area contributed by atoms with Crippen molar-refractivity contribution in [1.29, 1.82) is 0 Å². The monoisotopic (exact) mass is 331 g/mol. The highest BCUT2D eigenvalue weighted by Gasteiger charge is 2.12. The zero-order valence-electron chi connectivity index (χ0n) is 12.1. The van der Waals surface area contributed by atoms with Crippen LogP contribution in [0.1, 0.15) is 5.56 Å². The highest BCUT2D eigenvalue weighted by Crippen LogP contribution is 2.31. The zero-order chi connectivity index (χ0) is 16.1. The van der Waals surface area contributed by atoms with Gasteiger partial charge in [-0.15, -0.1) is 0 Å². The van der Waals surface area contributed by atoms with Crippen LogP contribution in [0.5, 0.6) is 11.5 Å². The van der Waals surface area contributed by atoms with E-state index in [9.17, 15) is 4.79 Å². The number of fused-ring (bicyclic) bond motifs is 1. The summed E-state index contributed by atoms with van der Waals surface area (Å²) in [6.45, 7) is 0.320. The fraction of sp³-hybridized carbons (Fsp3) is 0.125. The predicted molar refractivity (Wildman–Crippen MR) is 88.2 cm³/mol. The number of anilines is 1. The molecule has 23 heavy (non-hydrogen) atoms. The lowest BCUT2D eigenvalue weighted by Gasteiger charge is -2.05. The lowest BCUT2D eigenvalue weighted by atomic mass is 10.2. The maximum Gasteiger partial charge on any atom is 0.259 e. The van der Waals surface area contributed by atoms with Crippen LogP contribution in [0.4, 0.5) is 5.69 Å². The molecule has 1 amide bonds. The number of hydrazone groups is 1. The molecule has 2 aromatic carbocycles. The number of benzene rings is 2. The third-order valence-corrected chi connectivity index (χ3v) is 3.31. The van der Waals surface area contributed by atoms with Crippen LogP contribution in [-0.4, -0.2) is 25.5 Å². The van der Waals surface area contributed by atoms with Crippen LogP contribution in [0.2, 0.25) is 5.02 Å². The summed E-state index contributed by atoms with van der Waals surface area (Å²) in [7, 11) is 0. The molecule has 2 aromatic rings. The molecule has 0 atom stereocenters. The maximum atomic E-state index is 11.7. The van der Waals surface area contributed by atoms with Gasteiger partial charge in [0.05, 0.1) is 12.8 Å². The van der Waals surface area contributed by atoms with Gasteiger partial charge in [-0.2, -0.15) is 5.10 Å². The Balaban J connectivity index is 1.48. The smallest absolute Gasteiger partial charge is 0.259 e. The highest BCUT2D eigenvalue weighted by atomic mass is 35.5. The van der Waals surface area contributed by atoms with Gasteiger partial charge in [-0.05, 0) is 42.0 Å². The predicted octanol–water partition coefficient (Wildman–Crippen LogP) is 2.63. The molecule has 0 bridgehead atoms. The van der Waals surface area contributed by atoms with Gasteiger partial charge in [0.15, 0.2) is 11.5 Å². The Kier molecular flexibility index (Phi) is 4.63. The average Bonchev–Trinajstić information content (AvgIpc) is 3.01. The number of hydrogen-bond acceptors (Lipinski definition) is 5. The van der Waals surface area contributed by atoms with E-state index in [0.29, 0.717) is 16.5 Å². The Morgan fingerprint density at radius 3 is 2.96 bits per heavy atom. The van der Waals surface area contributed by atoms with E-state index in [4.69, 9.17) is 21.1 Å². The largest absolute Gasteiger partial charge is 0.454 e. The van der Waals surface area contributed by atoms with Crippen molar-refractivity contribution in [2.75, 3.05) is 18.7 Å². The second-order valence-corrected chi connectivity index (χ2v) is 5.21. The molecular weight excluding hydrogens is 318 g/mol. The number of halogens is 1. The molecule has 3 rings (SSSR count). The number of rotatable bonds is 5. The fourth-order valence-electron chi connectivity index (χ4n) is 1.99. The number of carbonyl (C=O) groups excluding carboxylic acids is 1. The number of hydrogen-bond donors (Lipinski definition) is 2. The van der Waals surface area contributed by atoms with Crippen molar-refractivity contribution in [3.05, 3.63) is 53.1 Å². The summed E-state index contributed by atoms with van der Waals surface area (Å²) in [4.78, 5) is 11.7. The van der Waals surface area contributed by atoms with Gasteiger partial charge >= 0.3 is 0 Å². The summed E-state index contributed by atoms with van der Waals surface area (Å²) < 4.78 is 10.5. The van der Waals surface area contributed by atoms with Gasteiger partial charge in [-0.3, -0.25) is 4.79 Å². The summed E-state index contributed by atoms with van der Waals surface area (Å²) >= 11 is 5.87. The van der Waals surface area contributed by atoms with Gasteiger partial charge in [0, 0.05) is 10.7 Å². The SMILES string of the molecule is O=C(CNc1cccc(Cl)c1)N/N=C/c1ccc2c(c1)OCO2. The van der Waals surface area contributed by atoms with Crippen molar-refractivity contribution in [3.8, 4) is 11.5 Å². The molecule has 1 aliphatic heterocycles. The second kappa shape index (κ2) is 7.02. The minimum atomic E-state index is -0.262. The Labute approximate surface area is 138 Å². The van der Waals surface area contributed by atoms with E-state index >= 15 is 0 Å². The Morgan fingerprint density at radius 1 is 1.22 bits per heavy atom. The lowest BCUT2D eigenvalue weighted by molar-refractivity contribution is -0.119. The molecule has 0 fully saturated rings. The molecule has 0 aliphatic carbocycles. The summed E-state index contributed by atoms with van der Waals surface area (Å²) in [5.74, 6) is 1.11. The number of amides is 1. The standard InChI is InChI=1S/C16H14ClN3O3/c17-12-2-1-3-13(7-12)18-9-16(21)20-19-8-11-4-5-14-15(6-11)23-10-22-14/h1-8,18H,9-10H2,(H,20,21)/b19-8+. The van der Waals surface area contributed by atoms with Crippen LogP contribution in [0, 0.1) is 0 Å². The quantitative estimate of drug-likeness (QED) is 0.652. The Bertz CT molecular complexity index is 749. The number of ether oxygens (including phenoxy) is 2. The Hall–Kier alpha value is -2.73. The Morgan fingerprint density at radius 2 is 2.09 bits per heavy atom. The lowest BCUT2D eigenvalue weighted by Crippen LogP contribution is -2.25. The molecule has 0 saturated carbocycles. The van der Waals surface area contributed by atoms with Gasteiger partial charge in [0.1, 0.15) is 0 Å². The first kappa shape index (κ1) is 15.2. The van der Waals surface area contributed by atoms with E-state index in [1.807, 2.05) is 12.1 Å². The first-order chi connectivity index (χ1) is 11.2. The molecule has 118 valence electrons. The third kappa shape index (κ3) is 4.14. The van der Waals surface area contributed by atoms with E-state index in [2.05, 4.69) is 15.8 Å². The summed E-state index contributed by atoms with van der Waals surface area (Å²) in [6.07, 6.45) is 1.54. The zero-order valence-corrected chi connectivity index (χ0v) is 12.8. The topological polar surface area (TPSA) is 72.0 Å². The van der Waals surface area contributed by atoms with Gasteiger partial charge < -0.3 is 14.8 Å². The van der Waals surface area contributed by atoms with Crippen molar-refractivity contribution in [2.24, 2.45) is 5.10 Å².